The maximum Gasteiger partial charge on any atom is 0.236 e. The van der Waals surface area contributed by atoms with E-state index in [1.807, 2.05) is 6.08 Å². The highest BCUT2D eigenvalue weighted by molar-refractivity contribution is 8.13. The summed E-state index contributed by atoms with van der Waals surface area (Å²) in [5.74, 6) is -0.0549. The summed E-state index contributed by atoms with van der Waals surface area (Å²) in [5, 5.41) is 0. The Morgan fingerprint density at radius 1 is 1.25 bits per heavy atom. The third-order valence-corrected chi connectivity index (χ3v) is 2.40. The fourth-order valence-electron chi connectivity index (χ4n) is 0.813. The molecule has 12 heavy (non-hydrogen) atoms. The molecule has 72 valence electrons. The molecule has 0 N–H and O–H groups in total. The van der Waals surface area contributed by atoms with Gasteiger partial charge >= 0.3 is 0 Å². The molecule has 0 aliphatic carbocycles. The Balaban J connectivity index is 3.39. The lowest BCUT2D eigenvalue weighted by molar-refractivity contribution is 0.612. The summed E-state index contributed by atoms with van der Waals surface area (Å²) in [6.07, 6.45) is 7.92. The zero-order valence-corrected chi connectivity index (χ0v) is 8.87. The van der Waals surface area contributed by atoms with E-state index in [1.54, 1.807) is 6.08 Å². The Morgan fingerprint density at radius 2 is 1.92 bits per heavy atom. The van der Waals surface area contributed by atoms with E-state index in [-0.39, 0.29) is 5.75 Å². The van der Waals surface area contributed by atoms with Gasteiger partial charge in [0, 0.05) is 10.7 Å². The molecule has 0 saturated heterocycles. The molecule has 0 radical (unpaired) electrons. The second-order valence-corrected chi connectivity index (χ2v) is 5.49. The van der Waals surface area contributed by atoms with Crippen LogP contribution in [0.2, 0.25) is 0 Å². The predicted octanol–water partition coefficient (Wildman–Crippen LogP) is 2.69. The van der Waals surface area contributed by atoms with Crippen molar-refractivity contribution in [1.82, 2.24) is 0 Å². The van der Waals surface area contributed by atoms with Crippen LogP contribution in [0.3, 0.4) is 0 Å². The Morgan fingerprint density at radius 3 is 2.42 bits per heavy atom. The minimum Gasteiger partial charge on any atom is -0.212 e. The molecular formula is C8H15ClO2S. The van der Waals surface area contributed by atoms with E-state index < -0.39 is 9.05 Å². The quantitative estimate of drug-likeness (QED) is 0.384. The Kier molecular flexibility index (Phi) is 6.48. The third kappa shape index (κ3) is 9.98. The minimum absolute atomic E-state index is 0.0549. The Labute approximate surface area is 79.0 Å². The van der Waals surface area contributed by atoms with Gasteiger partial charge in [-0.1, -0.05) is 31.9 Å². The lowest BCUT2D eigenvalue weighted by Gasteiger charge is -1.91. The maximum atomic E-state index is 10.4. The second-order valence-electron chi connectivity index (χ2n) is 2.67. The van der Waals surface area contributed by atoms with Crippen LogP contribution >= 0.6 is 10.7 Å². The van der Waals surface area contributed by atoms with Crippen molar-refractivity contribution in [1.29, 1.82) is 0 Å². The van der Waals surface area contributed by atoms with Gasteiger partial charge in [0.2, 0.25) is 9.05 Å². The molecular weight excluding hydrogens is 196 g/mol. The molecule has 4 heteroatoms. The van der Waals surface area contributed by atoms with E-state index in [4.69, 9.17) is 10.7 Å². The van der Waals surface area contributed by atoms with Gasteiger partial charge in [0.1, 0.15) is 0 Å². The van der Waals surface area contributed by atoms with Crippen LogP contribution in [0, 0.1) is 0 Å². The maximum absolute atomic E-state index is 10.4. The molecule has 0 spiro atoms. The van der Waals surface area contributed by atoms with Crippen molar-refractivity contribution in [2.45, 2.75) is 32.6 Å². The van der Waals surface area contributed by atoms with Crippen molar-refractivity contribution in [2.75, 3.05) is 5.75 Å². The predicted molar refractivity (Wildman–Crippen MR) is 52.9 cm³/mol. The SMILES string of the molecule is CCCCCC=CCS(=O)(=O)Cl. The first-order valence-electron chi connectivity index (χ1n) is 4.13. The highest BCUT2D eigenvalue weighted by Crippen LogP contribution is 2.01. The van der Waals surface area contributed by atoms with Crippen LogP contribution in [0.25, 0.3) is 0 Å². The molecule has 0 aromatic heterocycles. The fraction of sp³-hybridized carbons (Fsp3) is 0.750. The number of halogens is 1. The molecule has 0 unspecified atom stereocenters. The van der Waals surface area contributed by atoms with Gasteiger partial charge in [-0.3, -0.25) is 0 Å². The highest BCUT2D eigenvalue weighted by atomic mass is 35.7. The number of hydrogen-bond donors (Lipinski definition) is 0. The molecule has 0 atom stereocenters. The molecule has 0 bridgehead atoms. The van der Waals surface area contributed by atoms with Crippen LogP contribution in [-0.4, -0.2) is 14.2 Å². The summed E-state index contributed by atoms with van der Waals surface area (Å²) in [5.41, 5.74) is 0. The van der Waals surface area contributed by atoms with Gasteiger partial charge in [0.05, 0.1) is 5.75 Å². The summed E-state index contributed by atoms with van der Waals surface area (Å²) >= 11 is 0. The number of unbranched alkanes of at least 4 members (excludes halogenated alkanes) is 3. The lowest BCUT2D eigenvalue weighted by Crippen LogP contribution is -1.91. The van der Waals surface area contributed by atoms with Crippen LogP contribution in [0.4, 0.5) is 0 Å². The highest BCUT2D eigenvalue weighted by Gasteiger charge is 1.98. The topological polar surface area (TPSA) is 34.1 Å². The van der Waals surface area contributed by atoms with E-state index >= 15 is 0 Å². The molecule has 0 fully saturated rings. The zero-order chi connectivity index (χ0) is 9.45. The van der Waals surface area contributed by atoms with E-state index in [0.29, 0.717) is 0 Å². The van der Waals surface area contributed by atoms with Crippen LogP contribution in [0.15, 0.2) is 12.2 Å². The van der Waals surface area contributed by atoms with E-state index in [2.05, 4.69) is 6.92 Å². The molecule has 0 saturated carbocycles. The minimum atomic E-state index is -3.33. The standard InChI is InChI=1S/C8H15ClO2S/c1-2-3-4-5-6-7-8-12(9,10)11/h6-7H,2-5,8H2,1H3. The van der Waals surface area contributed by atoms with Crippen molar-refractivity contribution in [3.05, 3.63) is 12.2 Å². The van der Waals surface area contributed by atoms with Gasteiger partial charge in [0.15, 0.2) is 0 Å². The number of allylic oxidation sites excluding steroid dienone is 1. The summed E-state index contributed by atoms with van der Waals surface area (Å²) in [4.78, 5) is 0. The van der Waals surface area contributed by atoms with Crippen molar-refractivity contribution in [2.24, 2.45) is 0 Å². The van der Waals surface area contributed by atoms with E-state index in [0.717, 1.165) is 12.8 Å². The molecule has 0 aromatic carbocycles. The van der Waals surface area contributed by atoms with E-state index in [1.165, 1.54) is 12.8 Å². The monoisotopic (exact) mass is 210 g/mol. The van der Waals surface area contributed by atoms with E-state index in [9.17, 15) is 8.42 Å². The first-order chi connectivity index (χ1) is 5.56. The Hall–Kier alpha value is -0.0200. The van der Waals surface area contributed by atoms with Crippen molar-refractivity contribution >= 4 is 19.7 Å². The summed E-state index contributed by atoms with van der Waals surface area (Å²) in [6.45, 7) is 2.13. The first-order valence-corrected chi connectivity index (χ1v) is 6.61. The van der Waals surface area contributed by atoms with Crippen molar-refractivity contribution in [3.63, 3.8) is 0 Å². The summed E-state index contributed by atoms with van der Waals surface area (Å²) in [6, 6.07) is 0. The third-order valence-electron chi connectivity index (χ3n) is 1.44. The average Bonchev–Trinajstić information content (AvgIpc) is 1.94. The normalized spacial score (nSPS) is 12.5. The number of hydrogen-bond acceptors (Lipinski definition) is 2. The average molecular weight is 211 g/mol. The van der Waals surface area contributed by atoms with Gasteiger partial charge in [-0.15, -0.1) is 0 Å². The molecule has 0 aliphatic heterocycles. The molecule has 0 aliphatic rings. The summed E-state index contributed by atoms with van der Waals surface area (Å²) < 4.78 is 20.9. The fourth-order valence-corrected chi connectivity index (χ4v) is 1.40. The molecule has 0 aromatic rings. The van der Waals surface area contributed by atoms with Gasteiger partial charge in [0.25, 0.3) is 0 Å². The second kappa shape index (κ2) is 6.49. The van der Waals surface area contributed by atoms with Crippen molar-refractivity contribution in [3.8, 4) is 0 Å². The van der Waals surface area contributed by atoms with Gasteiger partial charge in [-0.25, -0.2) is 8.42 Å². The van der Waals surface area contributed by atoms with Gasteiger partial charge < -0.3 is 0 Å². The largest absolute Gasteiger partial charge is 0.236 e. The lowest BCUT2D eigenvalue weighted by atomic mass is 10.2. The summed E-state index contributed by atoms with van der Waals surface area (Å²) in [7, 11) is 1.66. The first kappa shape index (κ1) is 12.0. The van der Waals surface area contributed by atoms with Gasteiger partial charge in [-0.05, 0) is 12.8 Å². The molecule has 0 rings (SSSR count). The number of rotatable bonds is 6. The van der Waals surface area contributed by atoms with Crippen LogP contribution in [-0.2, 0) is 9.05 Å². The van der Waals surface area contributed by atoms with Gasteiger partial charge in [-0.2, -0.15) is 0 Å². The molecule has 0 heterocycles. The molecule has 0 amide bonds. The van der Waals surface area contributed by atoms with Crippen LogP contribution in [0.5, 0.6) is 0 Å². The smallest absolute Gasteiger partial charge is 0.212 e. The Bertz CT molecular complexity index is 219. The van der Waals surface area contributed by atoms with Crippen molar-refractivity contribution < 1.29 is 8.42 Å². The van der Waals surface area contributed by atoms with Crippen LogP contribution in [0.1, 0.15) is 32.6 Å². The molecule has 2 nitrogen and oxygen atoms in total. The zero-order valence-electron chi connectivity index (χ0n) is 7.29. The van der Waals surface area contributed by atoms with Crippen LogP contribution < -0.4 is 0 Å².